The van der Waals surface area contributed by atoms with Gasteiger partial charge in [-0.2, -0.15) is 0 Å². The number of aliphatic hydroxyl groups excluding tert-OH is 1. The number of benzene rings is 1. The summed E-state index contributed by atoms with van der Waals surface area (Å²) in [5, 5.41) is 12.9. The van der Waals surface area contributed by atoms with Crippen molar-refractivity contribution in [3.05, 3.63) is 58.5 Å². The first-order valence-electron chi connectivity index (χ1n) is 7.42. The fourth-order valence-electron chi connectivity index (χ4n) is 2.96. The first-order chi connectivity index (χ1) is 11.0. The standard InChI is InChI=1S/C17H17F2NO3/c1-9-8-13(16(18)19)23-15(9)17(22)20-14-11-5-3-2-4-10(11)6-7-12(14)21/h2-5,8,12,14,16,21H,6-7H2,1H3,(H,20,22)/t12-,14+/m1/s1. The van der Waals surface area contributed by atoms with E-state index < -0.39 is 30.2 Å². The number of hydrogen-bond acceptors (Lipinski definition) is 3. The number of alkyl halides is 2. The zero-order chi connectivity index (χ0) is 16.6. The number of carbonyl (C=O) groups excluding carboxylic acids is 1. The van der Waals surface area contributed by atoms with Crippen molar-refractivity contribution in [3.63, 3.8) is 0 Å². The van der Waals surface area contributed by atoms with Gasteiger partial charge in [-0.25, -0.2) is 8.78 Å². The van der Waals surface area contributed by atoms with Crippen molar-refractivity contribution in [3.8, 4) is 0 Å². The largest absolute Gasteiger partial charge is 0.450 e. The van der Waals surface area contributed by atoms with E-state index in [1.54, 1.807) is 0 Å². The molecule has 0 spiro atoms. The van der Waals surface area contributed by atoms with Gasteiger partial charge in [0, 0.05) is 5.56 Å². The average molecular weight is 321 g/mol. The van der Waals surface area contributed by atoms with E-state index in [0.29, 0.717) is 12.0 Å². The van der Waals surface area contributed by atoms with Crippen LogP contribution in [0.1, 0.15) is 51.9 Å². The number of nitrogens with one attached hydrogen (secondary N) is 1. The Morgan fingerprint density at radius 2 is 2.13 bits per heavy atom. The minimum Gasteiger partial charge on any atom is -0.450 e. The molecule has 0 unspecified atom stereocenters. The Hall–Kier alpha value is -2.21. The highest BCUT2D eigenvalue weighted by atomic mass is 19.3. The Labute approximate surface area is 132 Å². The lowest BCUT2D eigenvalue weighted by Gasteiger charge is -2.30. The summed E-state index contributed by atoms with van der Waals surface area (Å²) in [5.41, 5.74) is 2.25. The van der Waals surface area contributed by atoms with Gasteiger partial charge in [-0.1, -0.05) is 24.3 Å². The third-order valence-electron chi connectivity index (χ3n) is 4.13. The summed E-state index contributed by atoms with van der Waals surface area (Å²) in [6, 6.07) is 8.12. The van der Waals surface area contributed by atoms with E-state index in [0.717, 1.165) is 23.6 Å². The molecule has 1 aliphatic rings. The molecular weight excluding hydrogens is 304 g/mol. The van der Waals surface area contributed by atoms with Crippen LogP contribution in [0.15, 0.2) is 34.7 Å². The number of carbonyl (C=O) groups is 1. The summed E-state index contributed by atoms with van der Waals surface area (Å²) in [4.78, 5) is 12.4. The molecule has 23 heavy (non-hydrogen) atoms. The van der Waals surface area contributed by atoms with Gasteiger partial charge in [-0.15, -0.1) is 0 Å². The Bertz CT molecular complexity index is 726. The highest BCUT2D eigenvalue weighted by Gasteiger charge is 2.31. The Morgan fingerprint density at radius 3 is 2.83 bits per heavy atom. The molecule has 0 aliphatic heterocycles. The van der Waals surface area contributed by atoms with Gasteiger partial charge in [-0.05, 0) is 37.0 Å². The fraction of sp³-hybridized carbons (Fsp3) is 0.353. The molecule has 3 rings (SSSR count). The van der Waals surface area contributed by atoms with E-state index >= 15 is 0 Å². The van der Waals surface area contributed by atoms with E-state index in [4.69, 9.17) is 4.42 Å². The molecule has 0 radical (unpaired) electrons. The molecule has 1 aromatic carbocycles. The predicted octanol–water partition coefficient (Wildman–Crippen LogP) is 3.30. The topological polar surface area (TPSA) is 62.5 Å². The van der Waals surface area contributed by atoms with Crippen LogP contribution in [-0.4, -0.2) is 17.1 Å². The van der Waals surface area contributed by atoms with Crippen LogP contribution in [0.4, 0.5) is 8.78 Å². The molecule has 2 aromatic rings. The first-order valence-corrected chi connectivity index (χ1v) is 7.42. The predicted molar refractivity (Wildman–Crippen MR) is 79.4 cm³/mol. The molecule has 1 amide bonds. The Balaban J connectivity index is 1.85. The highest BCUT2D eigenvalue weighted by Crippen LogP contribution is 2.31. The molecule has 1 aromatic heterocycles. The van der Waals surface area contributed by atoms with Crippen LogP contribution in [0, 0.1) is 6.92 Å². The monoisotopic (exact) mass is 321 g/mol. The zero-order valence-electron chi connectivity index (χ0n) is 12.6. The van der Waals surface area contributed by atoms with Crippen LogP contribution < -0.4 is 5.32 Å². The van der Waals surface area contributed by atoms with Crippen molar-refractivity contribution >= 4 is 5.91 Å². The molecule has 4 nitrogen and oxygen atoms in total. The number of halogens is 2. The highest BCUT2D eigenvalue weighted by molar-refractivity contribution is 5.93. The number of aryl methyl sites for hydroxylation is 2. The number of fused-ring (bicyclic) bond motifs is 1. The van der Waals surface area contributed by atoms with Crippen LogP contribution >= 0.6 is 0 Å². The smallest absolute Gasteiger partial charge is 0.295 e. The minimum atomic E-state index is -2.77. The molecule has 1 aliphatic carbocycles. The van der Waals surface area contributed by atoms with Gasteiger partial charge in [0.15, 0.2) is 11.5 Å². The van der Waals surface area contributed by atoms with E-state index in [1.165, 1.54) is 6.92 Å². The second-order valence-electron chi connectivity index (χ2n) is 5.72. The van der Waals surface area contributed by atoms with E-state index in [1.807, 2.05) is 24.3 Å². The average Bonchev–Trinajstić information content (AvgIpc) is 2.92. The van der Waals surface area contributed by atoms with Crippen molar-refractivity contribution in [1.82, 2.24) is 5.32 Å². The van der Waals surface area contributed by atoms with Gasteiger partial charge >= 0.3 is 0 Å². The Morgan fingerprint density at radius 1 is 1.39 bits per heavy atom. The molecule has 0 fully saturated rings. The molecule has 0 saturated carbocycles. The van der Waals surface area contributed by atoms with Crippen LogP contribution in [0.3, 0.4) is 0 Å². The summed E-state index contributed by atoms with van der Waals surface area (Å²) in [5.74, 6) is -1.28. The molecular formula is C17H17F2NO3. The summed E-state index contributed by atoms with van der Waals surface area (Å²) in [6.45, 7) is 1.54. The zero-order valence-corrected chi connectivity index (χ0v) is 12.6. The maximum absolute atomic E-state index is 12.7. The molecule has 122 valence electrons. The van der Waals surface area contributed by atoms with Crippen molar-refractivity contribution in [1.29, 1.82) is 0 Å². The molecule has 0 saturated heterocycles. The van der Waals surface area contributed by atoms with Gasteiger partial charge in [0.1, 0.15) is 0 Å². The lowest BCUT2D eigenvalue weighted by Crippen LogP contribution is -2.39. The third-order valence-corrected chi connectivity index (χ3v) is 4.13. The maximum Gasteiger partial charge on any atom is 0.295 e. The normalized spacial score (nSPS) is 20.4. The van der Waals surface area contributed by atoms with E-state index in [9.17, 15) is 18.7 Å². The summed E-state index contributed by atoms with van der Waals surface area (Å²) >= 11 is 0. The fourth-order valence-corrected chi connectivity index (χ4v) is 2.96. The van der Waals surface area contributed by atoms with Gasteiger partial charge in [0.2, 0.25) is 0 Å². The van der Waals surface area contributed by atoms with Crippen molar-refractivity contribution < 1.29 is 23.1 Å². The van der Waals surface area contributed by atoms with Gasteiger partial charge in [0.25, 0.3) is 12.3 Å². The van der Waals surface area contributed by atoms with E-state index in [-0.39, 0.29) is 5.76 Å². The van der Waals surface area contributed by atoms with E-state index in [2.05, 4.69) is 5.32 Å². The quantitative estimate of drug-likeness (QED) is 0.912. The van der Waals surface area contributed by atoms with Gasteiger partial charge in [0.05, 0.1) is 12.1 Å². The van der Waals surface area contributed by atoms with Crippen molar-refractivity contribution in [2.24, 2.45) is 0 Å². The van der Waals surface area contributed by atoms with Crippen molar-refractivity contribution in [2.45, 2.75) is 38.3 Å². The minimum absolute atomic E-state index is 0.143. The van der Waals surface area contributed by atoms with Crippen LogP contribution in [-0.2, 0) is 6.42 Å². The van der Waals surface area contributed by atoms with Crippen LogP contribution in [0.5, 0.6) is 0 Å². The van der Waals surface area contributed by atoms with Gasteiger partial charge in [-0.3, -0.25) is 4.79 Å². The van der Waals surface area contributed by atoms with Crippen LogP contribution in [0.25, 0.3) is 0 Å². The number of amides is 1. The Kier molecular flexibility index (Phi) is 4.17. The maximum atomic E-state index is 12.7. The molecule has 2 atom stereocenters. The van der Waals surface area contributed by atoms with Gasteiger partial charge < -0.3 is 14.8 Å². The molecule has 1 heterocycles. The second kappa shape index (κ2) is 6.12. The van der Waals surface area contributed by atoms with Crippen LogP contribution in [0.2, 0.25) is 0 Å². The SMILES string of the molecule is Cc1cc(C(F)F)oc1C(=O)N[C@H]1c2ccccc2CC[C@H]1O. The molecule has 0 bridgehead atoms. The lowest BCUT2D eigenvalue weighted by molar-refractivity contribution is 0.0751. The number of furan rings is 1. The summed E-state index contributed by atoms with van der Waals surface area (Å²) in [7, 11) is 0. The second-order valence-corrected chi connectivity index (χ2v) is 5.72. The number of aliphatic hydroxyl groups is 1. The molecule has 2 N–H and O–H groups in total. The van der Waals surface area contributed by atoms with Crippen molar-refractivity contribution in [2.75, 3.05) is 0 Å². The molecule has 6 heteroatoms. The first kappa shape index (κ1) is 15.7. The third kappa shape index (κ3) is 2.99. The number of hydrogen-bond donors (Lipinski definition) is 2. The number of rotatable bonds is 3. The lowest BCUT2D eigenvalue weighted by atomic mass is 9.85. The summed E-state index contributed by atoms with van der Waals surface area (Å²) in [6.07, 6.45) is -2.23. The summed E-state index contributed by atoms with van der Waals surface area (Å²) < 4.78 is 30.3.